The molecule has 96 valence electrons. The quantitative estimate of drug-likeness (QED) is 0.777. The number of nitrogens with two attached hydrogens (primary N) is 1. The second-order valence-corrected chi connectivity index (χ2v) is 4.55. The number of hydrogen-bond donors (Lipinski definition) is 1. The van der Waals surface area contributed by atoms with Crippen molar-refractivity contribution >= 4 is 11.0 Å². The Bertz CT molecular complexity index is 715. The van der Waals surface area contributed by atoms with Crippen LogP contribution in [0, 0.1) is 6.92 Å². The zero-order chi connectivity index (χ0) is 13.2. The maximum Gasteiger partial charge on any atom is 0.115 e. The molecule has 0 fully saturated rings. The summed E-state index contributed by atoms with van der Waals surface area (Å²) in [5.41, 5.74) is 10.1. The van der Waals surface area contributed by atoms with Crippen LogP contribution in [0.4, 0.5) is 0 Å². The molecule has 0 aliphatic carbocycles. The van der Waals surface area contributed by atoms with Crippen LogP contribution in [0.5, 0.6) is 0 Å². The first-order chi connectivity index (χ1) is 9.31. The van der Waals surface area contributed by atoms with E-state index < -0.39 is 0 Å². The van der Waals surface area contributed by atoms with Gasteiger partial charge in [0.05, 0.1) is 16.7 Å². The van der Waals surface area contributed by atoms with Crippen molar-refractivity contribution in [1.82, 2.24) is 14.5 Å². The lowest BCUT2D eigenvalue weighted by Gasteiger charge is -2.11. The molecule has 4 heteroatoms. The van der Waals surface area contributed by atoms with E-state index in [9.17, 15) is 0 Å². The van der Waals surface area contributed by atoms with Crippen LogP contribution < -0.4 is 5.73 Å². The molecule has 0 saturated carbocycles. The Morgan fingerprint density at radius 2 is 2.05 bits per heavy atom. The Labute approximate surface area is 111 Å². The number of benzene rings is 1. The largest absolute Gasteiger partial charge is 0.330 e. The molecular weight excluding hydrogens is 236 g/mol. The SMILES string of the molecule is Cc1cnccc1-n1c(CCN)nc2ccccc21. The molecule has 0 atom stereocenters. The maximum atomic E-state index is 5.70. The fourth-order valence-electron chi connectivity index (χ4n) is 2.36. The van der Waals surface area contributed by atoms with Crippen molar-refractivity contribution in [2.45, 2.75) is 13.3 Å². The molecule has 0 unspecified atom stereocenters. The van der Waals surface area contributed by atoms with Crippen LogP contribution in [-0.2, 0) is 6.42 Å². The van der Waals surface area contributed by atoms with Crippen molar-refractivity contribution in [1.29, 1.82) is 0 Å². The number of para-hydroxylation sites is 2. The Balaban J connectivity index is 2.31. The summed E-state index contributed by atoms with van der Waals surface area (Å²) in [7, 11) is 0. The summed E-state index contributed by atoms with van der Waals surface area (Å²) >= 11 is 0. The molecule has 4 nitrogen and oxygen atoms in total. The van der Waals surface area contributed by atoms with Crippen molar-refractivity contribution in [2.24, 2.45) is 5.73 Å². The molecule has 0 saturated heterocycles. The number of aromatic nitrogens is 3. The zero-order valence-electron chi connectivity index (χ0n) is 10.9. The molecule has 0 bridgehead atoms. The molecule has 2 aromatic heterocycles. The van der Waals surface area contributed by atoms with E-state index in [1.807, 2.05) is 36.7 Å². The maximum absolute atomic E-state index is 5.70. The highest BCUT2D eigenvalue weighted by molar-refractivity contribution is 5.78. The van der Waals surface area contributed by atoms with Gasteiger partial charge < -0.3 is 5.73 Å². The Hall–Kier alpha value is -2.20. The second-order valence-electron chi connectivity index (χ2n) is 4.55. The predicted octanol–water partition coefficient (Wildman–Crippen LogP) is 2.23. The van der Waals surface area contributed by atoms with Crippen molar-refractivity contribution < 1.29 is 0 Å². The van der Waals surface area contributed by atoms with Crippen LogP contribution in [0.3, 0.4) is 0 Å². The first-order valence-electron chi connectivity index (χ1n) is 6.38. The highest BCUT2D eigenvalue weighted by Gasteiger charge is 2.12. The van der Waals surface area contributed by atoms with Crippen molar-refractivity contribution in [3.05, 3.63) is 54.1 Å². The highest BCUT2D eigenvalue weighted by Crippen LogP contribution is 2.23. The van der Waals surface area contributed by atoms with Gasteiger partial charge in [0.2, 0.25) is 0 Å². The number of hydrogen-bond acceptors (Lipinski definition) is 3. The molecule has 3 aromatic rings. The van der Waals surface area contributed by atoms with Crippen LogP contribution >= 0.6 is 0 Å². The van der Waals surface area contributed by atoms with E-state index in [1.165, 1.54) is 0 Å². The summed E-state index contributed by atoms with van der Waals surface area (Å²) < 4.78 is 2.18. The summed E-state index contributed by atoms with van der Waals surface area (Å²) in [5, 5.41) is 0. The number of pyridine rings is 1. The molecule has 0 amide bonds. The second kappa shape index (κ2) is 4.82. The molecule has 1 aromatic carbocycles. The zero-order valence-corrected chi connectivity index (χ0v) is 10.9. The van der Waals surface area contributed by atoms with E-state index in [0.717, 1.165) is 34.5 Å². The van der Waals surface area contributed by atoms with Crippen LogP contribution in [-0.4, -0.2) is 21.1 Å². The molecular formula is C15H16N4. The molecule has 0 aliphatic rings. The van der Waals surface area contributed by atoms with Crippen LogP contribution in [0.1, 0.15) is 11.4 Å². The first-order valence-corrected chi connectivity index (χ1v) is 6.38. The summed E-state index contributed by atoms with van der Waals surface area (Å²) in [5.74, 6) is 0.998. The number of fused-ring (bicyclic) bond motifs is 1. The summed E-state index contributed by atoms with van der Waals surface area (Å²) in [6.45, 7) is 2.65. The van der Waals surface area contributed by atoms with Gasteiger partial charge in [0.15, 0.2) is 0 Å². The molecule has 0 spiro atoms. The molecule has 0 aliphatic heterocycles. The molecule has 2 heterocycles. The van der Waals surface area contributed by atoms with Crippen LogP contribution in [0.25, 0.3) is 16.7 Å². The number of imidazole rings is 1. The first kappa shape index (κ1) is 11.9. The monoisotopic (exact) mass is 252 g/mol. The third-order valence-electron chi connectivity index (χ3n) is 3.23. The summed E-state index contributed by atoms with van der Waals surface area (Å²) in [6.07, 6.45) is 4.44. The number of rotatable bonds is 3. The van der Waals surface area contributed by atoms with Crippen LogP contribution in [0.15, 0.2) is 42.7 Å². The van der Waals surface area contributed by atoms with Crippen molar-refractivity contribution in [2.75, 3.05) is 6.54 Å². The van der Waals surface area contributed by atoms with E-state index >= 15 is 0 Å². The Morgan fingerprint density at radius 3 is 2.84 bits per heavy atom. The lowest BCUT2D eigenvalue weighted by atomic mass is 10.2. The third-order valence-corrected chi connectivity index (χ3v) is 3.23. The van der Waals surface area contributed by atoms with Gasteiger partial charge in [0, 0.05) is 18.8 Å². The molecule has 2 N–H and O–H groups in total. The van der Waals surface area contributed by atoms with E-state index in [0.29, 0.717) is 6.54 Å². The molecule has 0 radical (unpaired) electrons. The van der Waals surface area contributed by atoms with Gasteiger partial charge in [-0.25, -0.2) is 4.98 Å². The topological polar surface area (TPSA) is 56.7 Å². The predicted molar refractivity (Wildman–Crippen MR) is 76.4 cm³/mol. The average Bonchev–Trinajstić information content (AvgIpc) is 2.78. The number of nitrogens with zero attached hydrogens (tertiary/aromatic N) is 3. The van der Waals surface area contributed by atoms with E-state index in [2.05, 4.69) is 27.5 Å². The van der Waals surface area contributed by atoms with Gasteiger partial charge in [-0.15, -0.1) is 0 Å². The lowest BCUT2D eigenvalue weighted by molar-refractivity contribution is 0.844. The van der Waals surface area contributed by atoms with E-state index in [1.54, 1.807) is 0 Å². The normalized spacial score (nSPS) is 11.1. The summed E-state index contributed by atoms with van der Waals surface area (Å²) in [4.78, 5) is 8.83. The summed E-state index contributed by atoms with van der Waals surface area (Å²) in [6, 6.07) is 10.2. The lowest BCUT2D eigenvalue weighted by Crippen LogP contribution is -2.09. The van der Waals surface area contributed by atoms with E-state index in [-0.39, 0.29) is 0 Å². The smallest absolute Gasteiger partial charge is 0.115 e. The van der Waals surface area contributed by atoms with Crippen LogP contribution in [0.2, 0.25) is 0 Å². The third kappa shape index (κ3) is 2.00. The molecule has 3 rings (SSSR count). The van der Waals surface area contributed by atoms with Crippen molar-refractivity contribution in [3.8, 4) is 5.69 Å². The minimum Gasteiger partial charge on any atom is -0.330 e. The highest BCUT2D eigenvalue weighted by atomic mass is 15.1. The fourth-order valence-corrected chi connectivity index (χ4v) is 2.36. The van der Waals surface area contributed by atoms with Gasteiger partial charge in [0.25, 0.3) is 0 Å². The van der Waals surface area contributed by atoms with Gasteiger partial charge >= 0.3 is 0 Å². The van der Waals surface area contributed by atoms with Gasteiger partial charge in [-0.2, -0.15) is 0 Å². The average molecular weight is 252 g/mol. The van der Waals surface area contributed by atoms with Gasteiger partial charge in [-0.1, -0.05) is 12.1 Å². The Kier molecular flexibility index (Phi) is 3.01. The fraction of sp³-hybridized carbons (Fsp3) is 0.200. The minimum absolute atomic E-state index is 0.591. The molecule has 19 heavy (non-hydrogen) atoms. The van der Waals surface area contributed by atoms with E-state index in [4.69, 9.17) is 5.73 Å². The minimum atomic E-state index is 0.591. The standard InChI is InChI=1S/C15H16N4/c1-11-10-17-9-7-13(11)19-14-5-3-2-4-12(14)18-15(19)6-8-16/h2-5,7,9-10H,6,8,16H2,1H3. The van der Waals surface area contributed by atoms with Crippen molar-refractivity contribution in [3.63, 3.8) is 0 Å². The Morgan fingerprint density at radius 1 is 1.21 bits per heavy atom. The number of aryl methyl sites for hydroxylation is 1. The van der Waals surface area contributed by atoms with Gasteiger partial charge in [-0.3, -0.25) is 9.55 Å². The van der Waals surface area contributed by atoms with Gasteiger partial charge in [0.1, 0.15) is 5.82 Å². The van der Waals surface area contributed by atoms with Gasteiger partial charge in [-0.05, 0) is 37.2 Å².